The fourth-order valence-electron chi connectivity index (χ4n) is 3.29. The van der Waals surface area contributed by atoms with Crippen molar-refractivity contribution in [1.82, 2.24) is 15.3 Å². The van der Waals surface area contributed by atoms with Crippen LogP contribution in [0.15, 0.2) is 66.6 Å². The number of halogens is 3. The van der Waals surface area contributed by atoms with E-state index in [9.17, 15) is 18.0 Å². The Morgan fingerprint density at radius 2 is 2.03 bits per heavy atom. The lowest BCUT2D eigenvalue weighted by atomic mass is 10.0. The van der Waals surface area contributed by atoms with Gasteiger partial charge in [0, 0.05) is 17.3 Å². The molecule has 0 saturated carbocycles. The number of hydrogen-bond donors (Lipinski definition) is 2. The third-order valence-corrected chi connectivity index (χ3v) is 5.72. The van der Waals surface area contributed by atoms with Gasteiger partial charge in [0.05, 0.1) is 23.4 Å². The van der Waals surface area contributed by atoms with E-state index in [1.165, 1.54) is 37.5 Å². The third kappa shape index (κ3) is 6.38. The molecule has 0 aliphatic heterocycles. The number of nitrogens with zero attached hydrogens (tertiary/aromatic N) is 2. The largest absolute Gasteiger partial charge is 0.573 e. The van der Waals surface area contributed by atoms with E-state index in [4.69, 9.17) is 10.5 Å². The highest BCUT2D eigenvalue weighted by atomic mass is 32.1. The van der Waals surface area contributed by atoms with Crippen LogP contribution in [0.1, 0.15) is 24.2 Å². The maximum Gasteiger partial charge on any atom is 0.573 e. The van der Waals surface area contributed by atoms with E-state index in [0.29, 0.717) is 10.7 Å². The fraction of sp³-hybridized carbons (Fsp3) is 0.208. The quantitative estimate of drug-likeness (QED) is 0.305. The van der Waals surface area contributed by atoms with Crippen molar-refractivity contribution in [3.05, 3.63) is 72.2 Å². The van der Waals surface area contributed by atoms with Crippen LogP contribution in [0.3, 0.4) is 0 Å². The molecular weight excluding hydrogens is 481 g/mol. The topological polar surface area (TPSA) is 99.4 Å². The standard InChI is InChI=1S/C24H23F3N4O3S/c1-5-6-7-17(14(3)34-24(25,26)27)13(2)30-21(32)18-10-16(12-29-22(18)33-4)15-8-9-19-20(11-15)35-23(28)31-19/h5-13H,3H2,1-2,4H3,(H2,28,31)(H,30,32)/b6-5-,17-7-. The summed E-state index contributed by atoms with van der Waals surface area (Å²) in [5.74, 6) is -1.16. The van der Waals surface area contributed by atoms with E-state index in [-0.39, 0.29) is 17.0 Å². The number of carbonyl (C=O) groups is 1. The molecule has 1 unspecified atom stereocenters. The molecule has 3 aromatic rings. The monoisotopic (exact) mass is 504 g/mol. The molecule has 1 atom stereocenters. The van der Waals surface area contributed by atoms with Gasteiger partial charge in [0.25, 0.3) is 5.91 Å². The summed E-state index contributed by atoms with van der Waals surface area (Å²) < 4.78 is 48.3. The minimum absolute atomic E-state index is 0.0464. The van der Waals surface area contributed by atoms with Crippen LogP contribution in [0.2, 0.25) is 0 Å². The third-order valence-electron chi connectivity index (χ3n) is 4.87. The molecule has 7 nitrogen and oxygen atoms in total. The van der Waals surface area contributed by atoms with Crippen LogP contribution in [0, 0.1) is 0 Å². The first-order valence-corrected chi connectivity index (χ1v) is 11.1. The van der Waals surface area contributed by atoms with Gasteiger partial charge in [-0.3, -0.25) is 4.79 Å². The first-order chi connectivity index (χ1) is 16.5. The molecule has 11 heteroatoms. The highest BCUT2D eigenvalue weighted by molar-refractivity contribution is 7.22. The fourth-order valence-corrected chi connectivity index (χ4v) is 4.06. The molecule has 35 heavy (non-hydrogen) atoms. The van der Waals surface area contributed by atoms with Gasteiger partial charge >= 0.3 is 6.36 Å². The average Bonchev–Trinajstić information content (AvgIpc) is 3.16. The van der Waals surface area contributed by atoms with Crippen LogP contribution in [-0.4, -0.2) is 35.4 Å². The highest BCUT2D eigenvalue weighted by Crippen LogP contribution is 2.31. The number of nitrogens with one attached hydrogen (secondary N) is 1. The summed E-state index contributed by atoms with van der Waals surface area (Å²) in [6.45, 7) is 6.58. The number of allylic oxidation sites excluding steroid dienone is 3. The zero-order valence-electron chi connectivity index (χ0n) is 19.1. The number of pyridine rings is 1. The molecule has 0 radical (unpaired) electrons. The highest BCUT2D eigenvalue weighted by Gasteiger charge is 2.33. The molecule has 2 heterocycles. The second kappa shape index (κ2) is 10.6. The van der Waals surface area contributed by atoms with Crippen LogP contribution in [0.5, 0.6) is 5.88 Å². The molecule has 0 aliphatic rings. The van der Waals surface area contributed by atoms with Gasteiger partial charge in [0.15, 0.2) is 5.13 Å². The number of ether oxygens (including phenoxy) is 2. The van der Waals surface area contributed by atoms with E-state index in [1.54, 1.807) is 25.3 Å². The molecule has 3 rings (SSSR count). The summed E-state index contributed by atoms with van der Waals surface area (Å²) in [6.07, 6.45) is 1.18. The van der Waals surface area contributed by atoms with Crippen molar-refractivity contribution < 1.29 is 27.4 Å². The number of rotatable bonds is 8. The number of hydrogen-bond acceptors (Lipinski definition) is 7. The number of methoxy groups -OCH3 is 1. The Morgan fingerprint density at radius 1 is 1.29 bits per heavy atom. The van der Waals surface area contributed by atoms with E-state index >= 15 is 0 Å². The smallest absolute Gasteiger partial charge is 0.480 e. The van der Waals surface area contributed by atoms with Gasteiger partial charge in [0.1, 0.15) is 11.3 Å². The van der Waals surface area contributed by atoms with Gasteiger partial charge in [-0.15, -0.1) is 13.2 Å². The van der Waals surface area contributed by atoms with Crippen LogP contribution in [-0.2, 0) is 4.74 Å². The van der Waals surface area contributed by atoms with E-state index < -0.39 is 24.1 Å². The summed E-state index contributed by atoms with van der Waals surface area (Å²) >= 11 is 1.33. The van der Waals surface area contributed by atoms with Crippen LogP contribution >= 0.6 is 11.3 Å². The number of carbonyl (C=O) groups excluding carboxylic acids is 1. The number of aromatic nitrogens is 2. The number of nitrogen functional groups attached to an aromatic ring is 1. The number of anilines is 1. The maximum absolute atomic E-state index is 13.1. The summed E-state index contributed by atoms with van der Waals surface area (Å²) in [5, 5.41) is 3.11. The van der Waals surface area contributed by atoms with E-state index in [2.05, 4.69) is 26.6 Å². The lowest BCUT2D eigenvalue weighted by molar-refractivity contribution is -0.303. The Bertz CT molecular complexity index is 1320. The van der Waals surface area contributed by atoms with Gasteiger partial charge in [-0.2, -0.15) is 0 Å². The van der Waals surface area contributed by atoms with Crippen molar-refractivity contribution in [2.75, 3.05) is 12.8 Å². The average molecular weight is 505 g/mol. The molecule has 0 spiro atoms. The van der Waals surface area contributed by atoms with Crippen molar-refractivity contribution in [2.24, 2.45) is 0 Å². The molecule has 0 aliphatic carbocycles. The predicted molar refractivity (Wildman–Crippen MR) is 130 cm³/mol. The van der Waals surface area contributed by atoms with Crippen LogP contribution < -0.4 is 15.8 Å². The van der Waals surface area contributed by atoms with E-state index in [0.717, 1.165) is 15.8 Å². The lowest BCUT2D eigenvalue weighted by Gasteiger charge is -2.21. The number of fused-ring (bicyclic) bond motifs is 1. The second-order valence-corrected chi connectivity index (χ2v) is 8.39. The zero-order chi connectivity index (χ0) is 25.8. The Labute approximate surface area is 203 Å². The summed E-state index contributed by atoms with van der Waals surface area (Å²) in [7, 11) is 1.37. The molecule has 0 saturated heterocycles. The molecule has 1 amide bonds. The second-order valence-electron chi connectivity index (χ2n) is 7.33. The number of amides is 1. The van der Waals surface area contributed by atoms with Crippen LogP contribution in [0.25, 0.3) is 21.3 Å². The Hall–Kier alpha value is -3.86. The van der Waals surface area contributed by atoms with E-state index in [1.807, 2.05) is 18.2 Å². The molecule has 0 fully saturated rings. The first kappa shape index (κ1) is 25.8. The summed E-state index contributed by atoms with van der Waals surface area (Å²) in [6, 6.07) is 6.24. The Balaban J connectivity index is 1.91. The molecule has 1 aromatic carbocycles. The van der Waals surface area contributed by atoms with Crippen LogP contribution in [0.4, 0.5) is 18.3 Å². The molecule has 2 aromatic heterocycles. The normalized spacial score (nSPS) is 13.1. The molecule has 0 bridgehead atoms. The minimum Gasteiger partial charge on any atom is -0.480 e. The molecule has 3 N–H and O–H groups in total. The van der Waals surface area contributed by atoms with Crippen molar-refractivity contribution in [1.29, 1.82) is 0 Å². The zero-order valence-corrected chi connectivity index (χ0v) is 20.0. The number of thiazole rings is 1. The number of nitrogens with two attached hydrogens (primary N) is 1. The summed E-state index contributed by atoms with van der Waals surface area (Å²) in [5.41, 5.74) is 8.09. The van der Waals surface area contributed by atoms with Gasteiger partial charge < -0.3 is 20.5 Å². The SMILES string of the molecule is C=C(OC(F)(F)F)/C(=C\C=C/C)C(C)NC(=O)c1cc(-c2ccc3nc(N)sc3c2)cnc1OC. The number of alkyl halides is 3. The predicted octanol–water partition coefficient (Wildman–Crippen LogP) is 5.62. The Morgan fingerprint density at radius 3 is 2.69 bits per heavy atom. The molecular formula is C24H23F3N4O3S. The maximum atomic E-state index is 13.1. The first-order valence-electron chi connectivity index (χ1n) is 10.3. The Kier molecular flexibility index (Phi) is 7.80. The van der Waals surface area contributed by atoms with Crippen molar-refractivity contribution in [3.63, 3.8) is 0 Å². The summed E-state index contributed by atoms with van der Waals surface area (Å²) in [4.78, 5) is 21.6. The minimum atomic E-state index is -4.92. The number of benzene rings is 1. The van der Waals surface area contributed by atoms with Crippen molar-refractivity contribution >= 4 is 32.6 Å². The van der Waals surface area contributed by atoms with Crippen molar-refractivity contribution in [3.8, 4) is 17.0 Å². The van der Waals surface area contributed by atoms with Gasteiger partial charge in [-0.25, -0.2) is 9.97 Å². The van der Waals surface area contributed by atoms with Crippen molar-refractivity contribution in [2.45, 2.75) is 26.3 Å². The molecule has 184 valence electrons. The van der Waals surface area contributed by atoms with Gasteiger partial charge in [-0.05, 0) is 37.6 Å². The van der Waals surface area contributed by atoms with Gasteiger partial charge in [-0.1, -0.05) is 42.2 Å². The van der Waals surface area contributed by atoms with Gasteiger partial charge in [0.2, 0.25) is 5.88 Å². The lowest BCUT2D eigenvalue weighted by Crippen LogP contribution is -2.35.